The number of carbonyl (C=O) groups is 1. The SMILES string of the molecule is CCCCCCCCCC(=O)N(CC#N)C(C)C. The van der Waals surface area contributed by atoms with Crippen molar-refractivity contribution in [3.05, 3.63) is 0 Å². The van der Waals surface area contributed by atoms with Crippen molar-refractivity contribution in [3.8, 4) is 6.07 Å². The Bertz CT molecular complexity index is 256. The lowest BCUT2D eigenvalue weighted by atomic mass is 10.1. The van der Waals surface area contributed by atoms with E-state index < -0.39 is 0 Å². The van der Waals surface area contributed by atoms with E-state index in [0.717, 1.165) is 12.8 Å². The molecule has 0 saturated heterocycles. The molecule has 3 nitrogen and oxygen atoms in total. The lowest BCUT2D eigenvalue weighted by Gasteiger charge is -2.23. The van der Waals surface area contributed by atoms with E-state index in [-0.39, 0.29) is 18.5 Å². The Kier molecular flexibility index (Phi) is 10.4. The molecule has 0 aliphatic heterocycles. The molecule has 0 aromatic rings. The number of rotatable bonds is 10. The Morgan fingerprint density at radius 2 is 1.67 bits per heavy atom. The van der Waals surface area contributed by atoms with Gasteiger partial charge in [0.15, 0.2) is 0 Å². The summed E-state index contributed by atoms with van der Waals surface area (Å²) in [5.74, 6) is 0.125. The topological polar surface area (TPSA) is 44.1 Å². The van der Waals surface area contributed by atoms with Gasteiger partial charge in [-0.1, -0.05) is 45.4 Å². The Balaban J connectivity index is 3.65. The summed E-state index contributed by atoms with van der Waals surface area (Å²) in [7, 11) is 0. The van der Waals surface area contributed by atoms with Crippen LogP contribution in [0.15, 0.2) is 0 Å². The molecule has 0 bridgehead atoms. The van der Waals surface area contributed by atoms with Gasteiger partial charge in [0.25, 0.3) is 0 Å². The summed E-state index contributed by atoms with van der Waals surface area (Å²) >= 11 is 0. The maximum Gasteiger partial charge on any atom is 0.223 e. The summed E-state index contributed by atoms with van der Waals surface area (Å²) < 4.78 is 0. The molecule has 0 spiro atoms. The van der Waals surface area contributed by atoms with Crippen molar-refractivity contribution in [2.24, 2.45) is 0 Å². The minimum atomic E-state index is 0.125. The second kappa shape index (κ2) is 11.1. The lowest BCUT2D eigenvalue weighted by Crippen LogP contribution is -2.37. The first-order valence-electron chi connectivity index (χ1n) is 7.29. The van der Waals surface area contributed by atoms with Crippen molar-refractivity contribution in [2.45, 2.75) is 78.2 Å². The van der Waals surface area contributed by atoms with Gasteiger partial charge >= 0.3 is 0 Å². The van der Waals surface area contributed by atoms with Crippen LogP contribution in [0.5, 0.6) is 0 Å². The third-order valence-corrected chi connectivity index (χ3v) is 3.18. The monoisotopic (exact) mass is 252 g/mol. The third-order valence-electron chi connectivity index (χ3n) is 3.18. The van der Waals surface area contributed by atoms with E-state index >= 15 is 0 Å². The lowest BCUT2D eigenvalue weighted by molar-refractivity contribution is -0.132. The zero-order valence-electron chi connectivity index (χ0n) is 12.2. The molecule has 1 amide bonds. The fourth-order valence-electron chi connectivity index (χ4n) is 2.01. The van der Waals surface area contributed by atoms with Gasteiger partial charge in [0.2, 0.25) is 5.91 Å². The maximum atomic E-state index is 11.9. The predicted octanol–water partition coefficient (Wildman–Crippen LogP) is 3.89. The molecular formula is C15H28N2O. The maximum absolute atomic E-state index is 11.9. The van der Waals surface area contributed by atoms with Gasteiger partial charge in [0, 0.05) is 12.5 Å². The van der Waals surface area contributed by atoms with E-state index in [4.69, 9.17) is 5.26 Å². The number of hydrogen-bond donors (Lipinski definition) is 0. The van der Waals surface area contributed by atoms with Crippen LogP contribution in [0.4, 0.5) is 0 Å². The number of nitrogens with zero attached hydrogens (tertiary/aromatic N) is 2. The Morgan fingerprint density at radius 3 is 2.17 bits per heavy atom. The third kappa shape index (κ3) is 8.11. The van der Waals surface area contributed by atoms with E-state index in [1.54, 1.807) is 4.90 Å². The first-order chi connectivity index (χ1) is 8.63. The molecule has 3 heteroatoms. The number of amides is 1. The van der Waals surface area contributed by atoms with E-state index in [9.17, 15) is 4.79 Å². The minimum Gasteiger partial charge on any atom is -0.327 e. The molecular weight excluding hydrogens is 224 g/mol. The van der Waals surface area contributed by atoms with Gasteiger partial charge in [-0.3, -0.25) is 4.79 Å². The molecule has 0 atom stereocenters. The number of nitriles is 1. The molecule has 18 heavy (non-hydrogen) atoms. The molecule has 0 fully saturated rings. The number of carbonyl (C=O) groups excluding carboxylic acids is 1. The summed E-state index contributed by atoms with van der Waals surface area (Å²) in [6.45, 7) is 6.35. The van der Waals surface area contributed by atoms with Crippen LogP contribution in [0.2, 0.25) is 0 Å². The Labute approximate surface area is 112 Å². The van der Waals surface area contributed by atoms with Crippen LogP contribution in [0, 0.1) is 11.3 Å². The average Bonchev–Trinajstić information content (AvgIpc) is 2.34. The van der Waals surface area contributed by atoms with E-state index in [1.165, 1.54) is 32.1 Å². The van der Waals surface area contributed by atoms with Gasteiger partial charge < -0.3 is 4.90 Å². The van der Waals surface area contributed by atoms with Crippen LogP contribution < -0.4 is 0 Å². The van der Waals surface area contributed by atoms with Crippen molar-refractivity contribution in [2.75, 3.05) is 6.54 Å². The average molecular weight is 252 g/mol. The highest BCUT2D eigenvalue weighted by molar-refractivity contribution is 5.76. The predicted molar refractivity (Wildman–Crippen MR) is 75.1 cm³/mol. The highest BCUT2D eigenvalue weighted by Crippen LogP contribution is 2.10. The second-order valence-corrected chi connectivity index (χ2v) is 5.14. The van der Waals surface area contributed by atoms with Crippen LogP contribution in [0.3, 0.4) is 0 Å². The Morgan fingerprint density at radius 1 is 1.11 bits per heavy atom. The largest absolute Gasteiger partial charge is 0.327 e. The number of hydrogen-bond acceptors (Lipinski definition) is 2. The first kappa shape index (κ1) is 17.0. The van der Waals surface area contributed by atoms with Gasteiger partial charge in [-0.25, -0.2) is 0 Å². The normalized spacial score (nSPS) is 10.4. The molecule has 0 N–H and O–H groups in total. The Hall–Kier alpha value is -1.04. The van der Waals surface area contributed by atoms with Gasteiger partial charge in [0.1, 0.15) is 6.54 Å². The molecule has 104 valence electrons. The van der Waals surface area contributed by atoms with Crippen molar-refractivity contribution in [3.63, 3.8) is 0 Å². The van der Waals surface area contributed by atoms with Crippen LogP contribution >= 0.6 is 0 Å². The van der Waals surface area contributed by atoms with Gasteiger partial charge in [-0.15, -0.1) is 0 Å². The van der Waals surface area contributed by atoms with Crippen molar-refractivity contribution in [1.82, 2.24) is 4.90 Å². The van der Waals surface area contributed by atoms with Crippen LogP contribution in [0.25, 0.3) is 0 Å². The van der Waals surface area contributed by atoms with Crippen molar-refractivity contribution >= 4 is 5.91 Å². The van der Waals surface area contributed by atoms with Gasteiger partial charge in [0.05, 0.1) is 6.07 Å². The number of unbranched alkanes of at least 4 members (excludes halogenated alkanes) is 6. The van der Waals surface area contributed by atoms with Crippen molar-refractivity contribution in [1.29, 1.82) is 5.26 Å². The first-order valence-corrected chi connectivity index (χ1v) is 7.29. The smallest absolute Gasteiger partial charge is 0.223 e. The highest BCUT2D eigenvalue weighted by atomic mass is 16.2. The molecule has 0 aromatic heterocycles. The summed E-state index contributed by atoms with van der Waals surface area (Å²) in [5.41, 5.74) is 0. The zero-order valence-corrected chi connectivity index (χ0v) is 12.2. The summed E-state index contributed by atoms with van der Waals surface area (Å²) in [6.07, 6.45) is 9.11. The molecule has 0 aromatic carbocycles. The molecule has 0 aliphatic rings. The van der Waals surface area contributed by atoms with Crippen LogP contribution in [-0.2, 0) is 4.79 Å². The highest BCUT2D eigenvalue weighted by Gasteiger charge is 2.15. The molecule has 0 saturated carbocycles. The molecule has 0 aliphatic carbocycles. The van der Waals surface area contributed by atoms with Crippen LogP contribution in [-0.4, -0.2) is 23.4 Å². The minimum absolute atomic E-state index is 0.125. The fraction of sp³-hybridized carbons (Fsp3) is 0.867. The standard InChI is InChI=1S/C15H28N2O/c1-4-5-6-7-8-9-10-11-15(18)17(13-12-16)14(2)3/h14H,4-11,13H2,1-3H3. The second-order valence-electron chi connectivity index (χ2n) is 5.14. The summed E-state index contributed by atoms with van der Waals surface area (Å²) in [5, 5.41) is 8.68. The van der Waals surface area contributed by atoms with Crippen molar-refractivity contribution < 1.29 is 4.79 Å². The summed E-state index contributed by atoms with van der Waals surface area (Å²) in [6, 6.07) is 2.19. The quantitative estimate of drug-likeness (QED) is 0.437. The van der Waals surface area contributed by atoms with Gasteiger partial charge in [-0.2, -0.15) is 5.26 Å². The molecule has 0 heterocycles. The van der Waals surface area contributed by atoms with E-state index in [1.807, 2.05) is 13.8 Å². The van der Waals surface area contributed by atoms with Crippen LogP contribution in [0.1, 0.15) is 72.1 Å². The molecule has 0 radical (unpaired) electrons. The van der Waals surface area contributed by atoms with Gasteiger partial charge in [-0.05, 0) is 20.3 Å². The van der Waals surface area contributed by atoms with E-state index in [0.29, 0.717) is 6.42 Å². The zero-order chi connectivity index (χ0) is 13.8. The fourth-order valence-corrected chi connectivity index (χ4v) is 2.01. The summed E-state index contributed by atoms with van der Waals surface area (Å²) in [4.78, 5) is 13.5. The van der Waals surface area contributed by atoms with E-state index in [2.05, 4.69) is 13.0 Å². The molecule has 0 rings (SSSR count). The molecule has 0 unspecified atom stereocenters.